The molecular formula is C23H35ClN2O3. The van der Waals surface area contributed by atoms with Crippen molar-refractivity contribution in [3.05, 3.63) is 34.9 Å². The number of aliphatic hydroxyl groups is 1. The van der Waals surface area contributed by atoms with Crippen molar-refractivity contribution >= 4 is 23.4 Å². The number of rotatable bonds is 4. The van der Waals surface area contributed by atoms with Crippen molar-refractivity contribution in [2.45, 2.75) is 66.5 Å². The molecule has 1 aliphatic heterocycles. The van der Waals surface area contributed by atoms with E-state index in [1.165, 1.54) is 0 Å². The quantitative estimate of drug-likeness (QED) is 0.771. The molecule has 0 aromatic heterocycles. The lowest BCUT2D eigenvalue weighted by molar-refractivity contribution is -0.157. The summed E-state index contributed by atoms with van der Waals surface area (Å²) in [5, 5.41) is 15.1. The number of likely N-dealkylation sites (tertiary alicyclic amines) is 1. The zero-order chi connectivity index (χ0) is 22.2. The number of carbonyl (C=O) groups is 2. The van der Waals surface area contributed by atoms with Crippen molar-refractivity contribution < 1.29 is 14.7 Å². The molecule has 2 rings (SSSR count). The van der Waals surface area contributed by atoms with E-state index in [0.717, 1.165) is 5.56 Å². The van der Waals surface area contributed by atoms with Crippen LogP contribution in [0.4, 0.5) is 0 Å². The molecule has 0 unspecified atom stereocenters. The number of benzene rings is 1. The Balaban J connectivity index is 2.22. The van der Waals surface area contributed by atoms with Crippen LogP contribution >= 0.6 is 11.6 Å². The van der Waals surface area contributed by atoms with E-state index in [1.807, 2.05) is 60.6 Å². The summed E-state index contributed by atoms with van der Waals surface area (Å²) in [7, 11) is 0. The second kappa shape index (κ2) is 8.27. The Labute approximate surface area is 179 Å². The highest BCUT2D eigenvalue weighted by molar-refractivity contribution is 6.30. The third kappa shape index (κ3) is 4.95. The van der Waals surface area contributed by atoms with E-state index in [-0.39, 0.29) is 17.7 Å². The predicted octanol–water partition coefficient (Wildman–Crippen LogP) is 3.97. The van der Waals surface area contributed by atoms with E-state index in [2.05, 4.69) is 5.32 Å². The van der Waals surface area contributed by atoms with Gasteiger partial charge in [0, 0.05) is 28.9 Å². The summed E-state index contributed by atoms with van der Waals surface area (Å²) >= 11 is 6.00. The van der Waals surface area contributed by atoms with E-state index in [1.54, 1.807) is 17.0 Å². The van der Waals surface area contributed by atoms with Gasteiger partial charge in [-0.05, 0) is 30.0 Å². The average molecular weight is 423 g/mol. The van der Waals surface area contributed by atoms with Gasteiger partial charge in [-0.2, -0.15) is 0 Å². The van der Waals surface area contributed by atoms with Crippen LogP contribution in [-0.2, 0) is 15.2 Å². The zero-order valence-electron chi connectivity index (χ0n) is 18.7. The maximum Gasteiger partial charge on any atom is 0.245 e. The van der Waals surface area contributed by atoms with Gasteiger partial charge in [0.1, 0.15) is 6.04 Å². The number of halogens is 1. The van der Waals surface area contributed by atoms with Crippen molar-refractivity contribution in [2.75, 3.05) is 13.1 Å². The predicted molar refractivity (Wildman–Crippen MR) is 117 cm³/mol. The molecule has 29 heavy (non-hydrogen) atoms. The fraction of sp³-hybridized carbons (Fsp3) is 0.652. The lowest BCUT2D eigenvalue weighted by Gasteiger charge is -2.51. The first kappa shape index (κ1) is 23.7. The van der Waals surface area contributed by atoms with Crippen LogP contribution in [0.2, 0.25) is 5.02 Å². The molecule has 2 atom stereocenters. The molecule has 0 bridgehead atoms. The maximum atomic E-state index is 13.3. The van der Waals surface area contributed by atoms with Crippen LogP contribution in [0.5, 0.6) is 0 Å². The third-order valence-electron chi connectivity index (χ3n) is 5.98. The van der Waals surface area contributed by atoms with Gasteiger partial charge in [0.05, 0.1) is 5.60 Å². The van der Waals surface area contributed by atoms with Crippen LogP contribution < -0.4 is 5.32 Å². The lowest BCUT2D eigenvalue weighted by Crippen LogP contribution is -2.61. The zero-order valence-corrected chi connectivity index (χ0v) is 19.4. The molecule has 2 N–H and O–H groups in total. The highest BCUT2D eigenvalue weighted by Gasteiger charge is 2.50. The molecular weight excluding hydrogens is 388 g/mol. The topological polar surface area (TPSA) is 69.6 Å². The van der Waals surface area contributed by atoms with Gasteiger partial charge in [-0.25, -0.2) is 0 Å². The molecule has 0 radical (unpaired) electrons. The van der Waals surface area contributed by atoms with Crippen molar-refractivity contribution in [1.82, 2.24) is 10.2 Å². The molecule has 1 heterocycles. The first-order chi connectivity index (χ1) is 13.2. The standard InChI is InChI=1S/C23H35ClN2O3/c1-15(2)18(25-20(28)21(3,4)5)19(27)26-13-12-23(29,22(6,7)14-26)16-8-10-17(24)11-9-16/h8-11,15,18,29H,12-14H2,1-7H3,(H,25,28)/t18-,23+/m1/s1. The van der Waals surface area contributed by atoms with E-state index in [0.29, 0.717) is 24.5 Å². The molecule has 0 spiro atoms. The Morgan fingerprint density at radius 1 is 1.17 bits per heavy atom. The molecule has 5 nitrogen and oxygen atoms in total. The minimum absolute atomic E-state index is 0.0333. The number of carbonyl (C=O) groups excluding carboxylic acids is 2. The molecule has 1 aromatic carbocycles. The van der Waals surface area contributed by atoms with Crippen LogP contribution in [0.25, 0.3) is 0 Å². The van der Waals surface area contributed by atoms with Crippen LogP contribution in [0.1, 0.15) is 60.5 Å². The van der Waals surface area contributed by atoms with Crippen LogP contribution in [-0.4, -0.2) is 41.0 Å². The number of nitrogens with one attached hydrogen (secondary N) is 1. The SMILES string of the molecule is CC(C)[C@@H](NC(=O)C(C)(C)C)C(=O)N1CC[C@](O)(c2ccc(Cl)cc2)C(C)(C)C1. The van der Waals surface area contributed by atoms with Gasteiger partial charge in [0.2, 0.25) is 11.8 Å². The maximum absolute atomic E-state index is 13.3. The van der Waals surface area contributed by atoms with Gasteiger partial charge < -0.3 is 15.3 Å². The van der Waals surface area contributed by atoms with Crippen molar-refractivity contribution in [2.24, 2.45) is 16.7 Å². The van der Waals surface area contributed by atoms with Crippen molar-refractivity contribution in [3.63, 3.8) is 0 Å². The minimum Gasteiger partial charge on any atom is -0.384 e. The molecule has 1 saturated heterocycles. The van der Waals surface area contributed by atoms with E-state index < -0.39 is 22.5 Å². The first-order valence-electron chi connectivity index (χ1n) is 10.3. The average Bonchev–Trinajstić information content (AvgIpc) is 2.60. The highest BCUT2D eigenvalue weighted by atomic mass is 35.5. The number of hydrogen-bond donors (Lipinski definition) is 2. The largest absolute Gasteiger partial charge is 0.384 e. The van der Waals surface area contributed by atoms with Crippen molar-refractivity contribution in [1.29, 1.82) is 0 Å². The Morgan fingerprint density at radius 2 is 1.72 bits per heavy atom. The second-order valence-electron chi connectivity index (χ2n) is 10.2. The van der Waals surface area contributed by atoms with Gasteiger partial charge in [-0.1, -0.05) is 72.2 Å². The van der Waals surface area contributed by atoms with Gasteiger partial charge >= 0.3 is 0 Å². The Bertz CT molecular complexity index is 752. The molecule has 0 saturated carbocycles. The molecule has 1 aromatic rings. The summed E-state index contributed by atoms with van der Waals surface area (Å²) in [4.78, 5) is 27.5. The fourth-order valence-electron chi connectivity index (χ4n) is 3.84. The van der Waals surface area contributed by atoms with Gasteiger partial charge in [-0.3, -0.25) is 9.59 Å². The van der Waals surface area contributed by atoms with E-state index >= 15 is 0 Å². The monoisotopic (exact) mass is 422 g/mol. The summed E-state index contributed by atoms with van der Waals surface area (Å²) in [5.74, 6) is -0.267. The smallest absolute Gasteiger partial charge is 0.245 e. The Kier molecular flexibility index (Phi) is 6.75. The van der Waals surface area contributed by atoms with Crippen LogP contribution in [0.15, 0.2) is 24.3 Å². The summed E-state index contributed by atoms with van der Waals surface area (Å²) in [6.07, 6.45) is 0.422. The fourth-order valence-corrected chi connectivity index (χ4v) is 3.96. The summed E-state index contributed by atoms with van der Waals surface area (Å²) < 4.78 is 0. The Hall–Kier alpha value is -1.59. The number of piperidine rings is 1. The molecule has 6 heteroatoms. The number of amides is 2. The van der Waals surface area contributed by atoms with E-state index in [4.69, 9.17) is 11.6 Å². The van der Waals surface area contributed by atoms with Gasteiger partial charge in [0.25, 0.3) is 0 Å². The first-order valence-corrected chi connectivity index (χ1v) is 10.6. The third-order valence-corrected chi connectivity index (χ3v) is 6.24. The van der Waals surface area contributed by atoms with Crippen LogP contribution in [0.3, 0.4) is 0 Å². The number of nitrogens with zero attached hydrogens (tertiary/aromatic N) is 1. The number of hydrogen-bond acceptors (Lipinski definition) is 3. The van der Waals surface area contributed by atoms with Crippen LogP contribution in [0, 0.1) is 16.7 Å². The highest BCUT2D eigenvalue weighted by Crippen LogP contribution is 2.46. The van der Waals surface area contributed by atoms with E-state index in [9.17, 15) is 14.7 Å². The van der Waals surface area contributed by atoms with Gasteiger partial charge in [0.15, 0.2) is 0 Å². The molecule has 1 fully saturated rings. The lowest BCUT2D eigenvalue weighted by atomic mass is 9.66. The molecule has 2 amide bonds. The molecule has 0 aliphatic carbocycles. The van der Waals surface area contributed by atoms with Crippen molar-refractivity contribution in [3.8, 4) is 0 Å². The summed E-state index contributed by atoms with van der Waals surface area (Å²) in [6, 6.07) is 6.67. The molecule has 162 valence electrons. The molecule has 1 aliphatic rings. The Morgan fingerprint density at radius 3 is 2.17 bits per heavy atom. The minimum atomic E-state index is -1.06. The normalized spacial score (nSPS) is 23.0. The van der Waals surface area contributed by atoms with Gasteiger partial charge in [-0.15, -0.1) is 0 Å². The second-order valence-corrected chi connectivity index (χ2v) is 10.6. The summed E-state index contributed by atoms with van der Waals surface area (Å²) in [5.41, 5.74) is -1.38. The summed E-state index contributed by atoms with van der Waals surface area (Å²) in [6.45, 7) is 14.1.